The molecule has 66 heteroatoms. The molecule has 0 aromatic heterocycles. The fourth-order valence-corrected chi connectivity index (χ4v) is 19.5. The van der Waals surface area contributed by atoms with Gasteiger partial charge in [-0.05, 0) is 6.92 Å². The van der Waals surface area contributed by atoms with Gasteiger partial charge in [0, 0.05) is 41.5 Å². The second-order valence-corrected chi connectivity index (χ2v) is 38.1. The number of aliphatic hydroxyl groups is 31. The van der Waals surface area contributed by atoms with E-state index in [9.17, 15) is 187 Å². The highest BCUT2D eigenvalue weighted by atomic mass is 16.8. The van der Waals surface area contributed by atoms with Crippen molar-refractivity contribution in [3.63, 3.8) is 0 Å². The molecule has 12 fully saturated rings. The van der Waals surface area contributed by atoms with Crippen LogP contribution in [-0.4, -0.2) is 635 Å². The van der Waals surface area contributed by atoms with Crippen LogP contribution in [0.25, 0.3) is 0 Å². The van der Waals surface area contributed by atoms with E-state index in [-0.39, 0.29) is 0 Å². The molecule has 66 nitrogen and oxygen atoms in total. The van der Waals surface area contributed by atoms with E-state index in [1.54, 1.807) is 0 Å². The quantitative estimate of drug-likeness (QED) is 0.0272. The monoisotopic (exact) mass is 2190 g/mol. The van der Waals surface area contributed by atoms with Crippen LogP contribution in [0.1, 0.15) is 48.5 Å². The van der Waals surface area contributed by atoms with Gasteiger partial charge in [0.15, 0.2) is 75.5 Å². The van der Waals surface area contributed by atoms with Crippen LogP contribution in [0.2, 0.25) is 0 Å². The second-order valence-electron chi connectivity index (χ2n) is 38.1. The number of hydrogen-bond donors (Lipinski definition) is 37. The Balaban J connectivity index is 0.942. The van der Waals surface area contributed by atoms with Crippen LogP contribution in [0.5, 0.6) is 0 Å². The summed E-state index contributed by atoms with van der Waals surface area (Å²) in [7, 11) is 0. The zero-order chi connectivity index (χ0) is 110. The van der Waals surface area contributed by atoms with E-state index < -0.39 is 476 Å². The first-order chi connectivity index (χ1) is 70.9. The normalized spacial score (nSPS) is 48.8. The Kier molecular flexibility index (Phi) is 44.4. The van der Waals surface area contributed by atoms with Gasteiger partial charge in [-0.2, -0.15) is 0 Å². The van der Waals surface area contributed by atoms with Crippen LogP contribution < -0.4 is 31.9 Å². The van der Waals surface area contributed by atoms with Gasteiger partial charge in [-0.25, -0.2) is 0 Å². The lowest BCUT2D eigenvalue weighted by atomic mass is 9.93. The first-order valence-electron chi connectivity index (χ1n) is 48.0. The fraction of sp³-hybridized carbons (Fsp3) is 0.929. The summed E-state index contributed by atoms with van der Waals surface area (Å²) < 4.78 is 139. The van der Waals surface area contributed by atoms with Crippen molar-refractivity contribution in [1.29, 1.82) is 0 Å². The first-order valence-corrected chi connectivity index (χ1v) is 48.0. The largest absolute Gasteiger partial charge is 0.394 e. The van der Waals surface area contributed by atoms with Crippen LogP contribution >= 0.6 is 0 Å². The van der Waals surface area contributed by atoms with E-state index in [0.717, 1.165) is 41.5 Å². The Morgan fingerprint density at radius 1 is 0.187 bits per heavy atom. The minimum atomic E-state index is -2.80. The molecule has 0 aliphatic carbocycles. The zero-order valence-electron chi connectivity index (χ0n) is 81.1. The molecule has 12 heterocycles. The maximum Gasteiger partial charge on any atom is 0.217 e. The molecule has 0 bridgehead atoms. The van der Waals surface area contributed by atoms with Crippen molar-refractivity contribution < 1.29 is 296 Å². The summed E-state index contributed by atoms with van der Waals surface area (Å²) in [6, 6.07) is -11.8. The van der Waals surface area contributed by atoms with Gasteiger partial charge in [0.05, 0.1) is 78.8 Å². The summed E-state index contributed by atoms with van der Waals surface area (Å²) in [6.45, 7) is -6.16. The number of hydrogen-bond acceptors (Lipinski definition) is 60. The molecule has 37 N–H and O–H groups in total. The summed E-state index contributed by atoms with van der Waals surface area (Å²) in [4.78, 5) is 78.4. The lowest BCUT2D eigenvalue weighted by molar-refractivity contribution is -0.403. The Morgan fingerprint density at radius 2 is 0.427 bits per heavy atom. The van der Waals surface area contributed by atoms with E-state index in [1.165, 1.54) is 6.92 Å². The lowest BCUT2D eigenvalue weighted by Crippen LogP contribution is -2.71. The Labute approximate surface area is 849 Å². The van der Waals surface area contributed by atoms with Crippen molar-refractivity contribution in [3.8, 4) is 0 Å². The summed E-state index contributed by atoms with van der Waals surface area (Å²) in [5, 5.41) is 367. The third kappa shape index (κ3) is 27.7. The van der Waals surface area contributed by atoms with Crippen molar-refractivity contribution in [2.24, 2.45) is 0 Å². The average Bonchev–Trinajstić information content (AvgIpc) is 0.767. The number of nitrogens with one attached hydrogen (secondary N) is 6. The molecular weight excluding hydrogens is 2050 g/mol. The Hall–Kier alpha value is -5.34. The highest BCUT2D eigenvalue weighted by molar-refractivity contribution is 5.75. The van der Waals surface area contributed by atoms with Crippen LogP contribution in [0, 0.1) is 0 Å². The summed E-state index contributed by atoms with van der Waals surface area (Å²) in [5.41, 5.74) is 0. The number of rotatable bonds is 39. The zero-order valence-corrected chi connectivity index (χ0v) is 81.1. The first kappa shape index (κ1) is 123. The molecule has 12 saturated heterocycles. The van der Waals surface area contributed by atoms with Crippen LogP contribution in [0.3, 0.4) is 0 Å². The van der Waals surface area contributed by atoms with Gasteiger partial charge in [-0.1, -0.05) is 0 Å². The molecular formula is C84H140N6O60. The van der Waals surface area contributed by atoms with Crippen molar-refractivity contribution in [2.45, 2.75) is 417 Å². The third-order valence-electron chi connectivity index (χ3n) is 27.4. The van der Waals surface area contributed by atoms with Gasteiger partial charge in [0.2, 0.25) is 35.4 Å². The molecule has 150 heavy (non-hydrogen) atoms. The van der Waals surface area contributed by atoms with E-state index in [2.05, 4.69) is 31.9 Å². The average molecular weight is 2190 g/mol. The summed E-state index contributed by atoms with van der Waals surface area (Å²) in [6.07, 6.45) is -117. The number of amides is 6. The van der Waals surface area contributed by atoms with E-state index in [1.807, 2.05) is 0 Å². The number of carbonyl (C=O) groups is 6. The Morgan fingerprint density at radius 3 is 0.820 bits per heavy atom. The van der Waals surface area contributed by atoms with Crippen molar-refractivity contribution in [2.75, 3.05) is 72.7 Å². The highest BCUT2D eigenvalue weighted by Gasteiger charge is 2.64. The van der Waals surface area contributed by atoms with E-state index in [0.29, 0.717) is 0 Å². The number of aliphatic hydroxyl groups excluding tert-OH is 31. The molecule has 12 aliphatic heterocycles. The maximum atomic E-state index is 13.6. The van der Waals surface area contributed by atoms with Crippen molar-refractivity contribution in [3.05, 3.63) is 0 Å². The minimum Gasteiger partial charge on any atom is -0.394 e. The van der Waals surface area contributed by atoms with Gasteiger partial charge in [-0.15, -0.1) is 0 Å². The highest BCUT2D eigenvalue weighted by Crippen LogP contribution is 2.43. The van der Waals surface area contributed by atoms with Gasteiger partial charge < -0.3 is 299 Å². The topological polar surface area (TPSA) is 1010 Å². The summed E-state index contributed by atoms with van der Waals surface area (Å²) in [5.74, 6) is -5.88. The van der Waals surface area contributed by atoms with Crippen LogP contribution in [0.4, 0.5) is 0 Å². The molecule has 0 radical (unpaired) electrons. The maximum absolute atomic E-state index is 13.6. The smallest absolute Gasteiger partial charge is 0.217 e. The van der Waals surface area contributed by atoms with Crippen molar-refractivity contribution in [1.82, 2.24) is 31.9 Å². The second kappa shape index (κ2) is 54.0. The molecule has 0 saturated carbocycles. The minimum absolute atomic E-state index is 0.877. The molecule has 0 spiro atoms. The van der Waals surface area contributed by atoms with Crippen molar-refractivity contribution >= 4 is 35.4 Å². The van der Waals surface area contributed by atoms with Gasteiger partial charge >= 0.3 is 0 Å². The lowest BCUT2D eigenvalue weighted by Gasteiger charge is -2.52. The Bertz CT molecular complexity index is 4240. The predicted octanol–water partition coefficient (Wildman–Crippen LogP) is -25.3. The van der Waals surface area contributed by atoms with Gasteiger partial charge in [-0.3, -0.25) is 28.8 Å². The van der Waals surface area contributed by atoms with E-state index >= 15 is 0 Å². The molecule has 6 amide bonds. The third-order valence-corrected chi connectivity index (χ3v) is 27.4. The molecule has 0 aromatic rings. The van der Waals surface area contributed by atoms with Crippen LogP contribution in [0.15, 0.2) is 0 Å². The van der Waals surface area contributed by atoms with Crippen LogP contribution in [-0.2, 0) is 138 Å². The molecule has 0 unspecified atom stereocenters. The molecule has 12 aliphatic rings. The fourth-order valence-electron chi connectivity index (χ4n) is 19.5. The molecule has 0 aromatic carbocycles. The van der Waals surface area contributed by atoms with Gasteiger partial charge in [0.1, 0.15) is 287 Å². The predicted molar refractivity (Wildman–Crippen MR) is 463 cm³/mol. The molecule has 866 valence electrons. The van der Waals surface area contributed by atoms with Gasteiger partial charge in [0.25, 0.3) is 0 Å². The SMILES string of the molecule is CC(=O)N[C@@H]1[C@@H](O)[C@H](O[C@@H]2O[C@H](CO)[C@@H](O[C@@H]3O[C@H](CO[C@H]4O[C@H](CO[C@@H]5O[C@H](CO)[C@@H](O[C@@H]6O[C@H](CO)[C@H](O)[C@H](O)[C@H]6O)[C@H](O)[C@H]5NC(C)=O)[C@@H](O)[C@H](O)[C@@H]4O[C@@H]4O[C@H](CO)[C@@H](O[C@@H]5O[C@H](CO)[C@H](O)[C@H](O)[C@H]5O)[C@H](O)[C@H]4NC(C)=O)[C@@H](O)[C@H](O[C@H]4O[C@H](CO)[C@@H](O[C@@H]5O[C@H](CO)[C@@H](O)[C@H](O)[C@H]5NC(C)=O)[C@H](O)[C@@H]4O[C@@H]4O[C@H](CO)[C@@H](O)[C@H](O)[C@H]4NC(C)=O)[C@@H]3O)[C@H](O)[C@H]2NC(C)=O)[C@@H](CO[C@H]2O[C@H](C)[C@H](O)[C@H](O)[C@H]2O)O[C@H]1O. The number of ether oxygens (including phenoxy) is 23. The number of carbonyl (C=O) groups excluding carboxylic acids is 6. The standard InChI is InChI=1S/C84H140N6O60/c1-19-43(105)56(118)60(122)79(131-19)129-18-36-69(52(114)37(73(127)132-36)85-20(2)99)144-77-41(89-24(6)103)54(116)67(32(14-97)138-77)147-82-64(126)70(148-84-72(150-76-39(87-22(4)101)51(113)45(107)27(9-92)134-76)63(125)68(33(15-98)140-84)143-75-38(86-21(3)100)50(112)44(106)26(8-91)133-75)49(111)35(141-82)17-130-83-71(149-78-42(90-25(7)104)55(117)66(31(13-96)139-78)146-81-62(124)58(120)47(109)29(11-94)136-81)59(121)48(110)34(142-83)16-128-74-40(88-23(5)102)53(115)65(30(12-95)137-74)145-80-61(123)57(119)46(108)28(10-93)135-80/h19,26-84,91-98,105-127H,8-18H2,1-7H3,(H,85,99)(H,86,100)(H,87,101)(H,88,102)(H,89,103)(H,90,104)/t19-,26-,27-,28-,29-,30-,31-,32-,33-,34-,35-,36-,37-,38-,39-,40-,41-,42-,43+,44-,45-,46+,47+,48-,49-,50-,51-,52-,53-,54-,55-,56+,57+,58+,59+,60-,61-,62-,63+,64+,65-,66-,67-,68-,69-,70+,71+,72+,73-,74-,75+,76+,77+,78+,79+,80+,81+,82+,83+,84-/m1/s1. The summed E-state index contributed by atoms with van der Waals surface area (Å²) >= 11 is 0. The van der Waals surface area contributed by atoms with E-state index in [4.69, 9.17) is 109 Å². The molecule has 12 rings (SSSR count). The molecule has 60 atom stereocenters.